The average Bonchev–Trinajstić information content (AvgIpc) is 1.99. The van der Waals surface area contributed by atoms with Gasteiger partial charge in [-0.1, -0.05) is 11.6 Å². The maximum Gasteiger partial charge on any atom is 0.274 e. The second-order valence-electron chi connectivity index (χ2n) is 2.13. The zero-order chi connectivity index (χ0) is 8.43. The van der Waals surface area contributed by atoms with Crippen molar-refractivity contribution in [1.29, 1.82) is 0 Å². The van der Waals surface area contributed by atoms with Crippen LogP contribution in [0.3, 0.4) is 0 Å². The lowest BCUT2D eigenvalue weighted by atomic mass is 10.3. The Morgan fingerprint density at radius 1 is 1.64 bits per heavy atom. The third-order valence-corrected chi connectivity index (χ3v) is 1.75. The van der Waals surface area contributed by atoms with Gasteiger partial charge in [0.2, 0.25) is 11.9 Å². The van der Waals surface area contributed by atoms with Gasteiger partial charge in [-0.2, -0.15) is 0 Å². The van der Waals surface area contributed by atoms with Crippen molar-refractivity contribution in [2.75, 3.05) is 7.11 Å². The normalized spacial score (nSPS) is 9.73. The van der Waals surface area contributed by atoms with Crippen LogP contribution in [-0.4, -0.2) is 12.3 Å². The van der Waals surface area contributed by atoms with E-state index < -0.39 is 0 Å². The number of aromatic nitrogens is 1. The standard InChI is InChI=1S/C7H9ClNO2/c1-5-7(11-2)6(8)3-4-9(5)10/h3-4,10H,1-2H3/q+1. The summed E-state index contributed by atoms with van der Waals surface area (Å²) in [4.78, 5) is 0. The van der Waals surface area contributed by atoms with E-state index in [1.165, 1.54) is 13.3 Å². The van der Waals surface area contributed by atoms with E-state index in [0.717, 1.165) is 4.73 Å². The Morgan fingerprint density at radius 2 is 2.27 bits per heavy atom. The van der Waals surface area contributed by atoms with E-state index in [4.69, 9.17) is 21.5 Å². The lowest BCUT2D eigenvalue weighted by molar-refractivity contribution is -0.908. The lowest BCUT2D eigenvalue weighted by Crippen LogP contribution is -2.33. The largest absolute Gasteiger partial charge is 0.489 e. The van der Waals surface area contributed by atoms with Gasteiger partial charge < -0.3 is 4.74 Å². The average molecular weight is 175 g/mol. The molecule has 3 nitrogen and oxygen atoms in total. The molecule has 1 heterocycles. The first kappa shape index (κ1) is 8.14. The first-order valence-electron chi connectivity index (χ1n) is 3.11. The second kappa shape index (κ2) is 2.96. The molecule has 0 aliphatic carbocycles. The minimum absolute atomic E-state index is 0.496. The van der Waals surface area contributed by atoms with Crippen molar-refractivity contribution >= 4 is 11.6 Å². The highest BCUT2D eigenvalue weighted by molar-refractivity contribution is 6.32. The maximum atomic E-state index is 9.13. The molecular weight excluding hydrogens is 166 g/mol. The van der Waals surface area contributed by atoms with Crippen LogP contribution in [0.1, 0.15) is 5.69 Å². The smallest absolute Gasteiger partial charge is 0.274 e. The highest BCUT2D eigenvalue weighted by atomic mass is 35.5. The van der Waals surface area contributed by atoms with Crippen molar-refractivity contribution in [3.63, 3.8) is 0 Å². The van der Waals surface area contributed by atoms with E-state index in [1.54, 1.807) is 13.0 Å². The Morgan fingerprint density at radius 3 is 2.73 bits per heavy atom. The molecule has 0 atom stereocenters. The fourth-order valence-corrected chi connectivity index (χ4v) is 1.12. The van der Waals surface area contributed by atoms with Crippen molar-refractivity contribution in [1.82, 2.24) is 0 Å². The van der Waals surface area contributed by atoms with Crippen molar-refractivity contribution < 1.29 is 14.7 Å². The van der Waals surface area contributed by atoms with Crippen LogP contribution >= 0.6 is 11.6 Å². The summed E-state index contributed by atoms with van der Waals surface area (Å²) in [5.41, 5.74) is 0.583. The number of nitrogens with zero attached hydrogens (tertiary/aromatic N) is 1. The topological polar surface area (TPSA) is 33.3 Å². The Hall–Kier alpha value is -0.960. The zero-order valence-electron chi connectivity index (χ0n) is 6.34. The summed E-state index contributed by atoms with van der Waals surface area (Å²) in [5.74, 6) is 0.497. The molecule has 0 aromatic carbocycles. The van der Waals surface area contributed by atoms with Crippen LogP contribution < -0.4 is 9.47 Å². The number of hydrogen-bond donors (Lipinski definition) is 1. The zero-order valence-corrected chi connectivity index (χ0v) is 7.09. The summed E-state index contributed by atoms with van der Waals surface area (Å²) in [6.07, 6.45) is 1.46. The van der Waals surface area contributed by atoms with Crippen LogP contribution in [0.25, 0.3) is 0 Å². The number of ether oxygens (including phenoxy) is 1. The van der Waals surface area contributed by atoms with Gasteiger partial charge in [-0.3, -0.25) is 5.21 Å². The first-order chi connectivity index (χ1) is 5.16. The summed E-state index contributed by atoms with van der Waals surface area (Å²) >= 11 is 5.75. The van der Waals surface area contributed by atoms with Crippen LogP contribution in [0.15, 0.2) is 12.3 Å². The number of rotatable bonds is 1. The summed E-state index contributed by atoms with van der Waals surface area (Å²) in [6.45, 7) is 1.71. The van der Waals surface area contributed by atoms with Gasteiger partial charge in [0, 0.05) is 17.7 Å². The first-order valence-corrected chi connectivity index (χ1v) is 3.48. The van der Waals surface area contributed by atoms with Gasteiger partial charge in [0.1, 0.15) is 0 Å². The molecule has 1 N–H and O–H groups in total. The van der Waals surface area contributed by atoms with Gasteiger partial charge in [-0.25, -0.2) is 0 Å². The monoisotopic (exact) mass is 174 g/mol. The van der Waals surface area contributed by atoms with E-state index in [2.05, 4.69) is 0 Å². The maximum absolute atomic E-state index is 9.13. The molecule has 0 radical (unpaired) electrons. The van der Waals surface area contributed by atoms with Gasteiger partial charge in [0.25, 0.3) is 5.69 Å². The third-order valence-electron chi connectivity index (χ3n) is 1.46. The molecule has 0 saturated heterocycles. The van der Waals surface area contributed by atoms with E-state index in [0.29, 0.717) is 16.5 Å². The van der Waals surface area contributed by atoms with Crippen molar-refractivity contribution in [2.24, 2.45) is 0 Å². The molecule has 0 unspecified atom stereocenters. The molecule has 0 aliphatic rings. The van der Waals surface area contributed by atoms with Crippen LogP contribution in [0, 0.1) is 6.92 Å². The van der Waals surface area contributed by atoms with Crippen molar-refractivity contribution in [3.05, 3.63) is 23.0 Å². The van der Waals surface area contributed by atoms with E-state index in [9.17, 15) is 0 Å². The number of hydrogen-bond acceptors (Lipinski definition) is 2. The van der Waals surface area contributed by atoms with Crippen molar-refractivity contribution in [2.45, 2.75) is 6.92 Å². The summed E-state index contributed by atoms with van der Waals surface area (Å²) in [6, 6.07) is 1.56. The number of halogens is 1. The van der Waals surface area contributed by atoms with Crippen LogP contribution in [0.4, 0.5) is 0 Å². The Balaban J connectivity index is 3.29. The minimum atomic E-state index is 0.496. The van der Waals surface area contributed by atoms with Crippen LogP contribution in [-0.2, 0) is 0 Å². The summed E-state index contributed by atoms with van der Waals surface area (Å²) in [5, 5.41) is 9.63. The van der Waals surface area contributed by atoms with E-state index >= 15 is 0 Å². The van der Waals surface area contributed by atoms with Crippen molar-refractivity contribution in [3.8, 4) is 5.75 Å². The molecular formula is C7H9ClNO2+. The van der Waals surface area contributed by atoms with Gasteiger partial charge in [-0.05, 0) is 0 Å². The van der Waals surface area contributed by atoms with Gasteiger partial charge >= 0.3 is 0 Å². The number of methoxy groups -OCH3 is 1. The predicted molar refractivity (Wildman–Crippen MR) is 40.1 cm³/mol. The lowest BCUT2D eigenvalue weighted by Gasteiger charge is -2.00. The highest BCUT2D eigenvalue weighted by Gasteiger charge is 2.14. The van der Waals surface area contributed by atoms with Gasteiger partial charge in [-0.15, -0.1) is 0 Å². The molecule has 4 heteroatoms. The Labute approximate surface area is 69.8 Å². The highest BCUT2D eigenvalue weighted by Crippen LogP contribution is 2.24. The van der Waals surface area contributed by atoms with Gasteiger partial charge in [0.15, 0.2) is 0 Å². The molecule has 0 spiro atoms. The molecule has 1 aromatic rings. The minimum Gasteiger partial charge on any atom is -0.489 e. The fraction of sp³-hybridized carbons (Fsp3) is 0.286. The molecule has 11 heavy (non-hydrogen) atoms. The molecule has 0 fully saturated rings. The van der Waals surface area contributed by atoms with Crippen LogP contribution in [0.5, 0.6) is 5.75 Å². The Bertz CT molecular complexity index is 275. The fourth-order valence-electron chi connectivity index (χ4n) is 0.846. The number of pyridine rings is 1. The molecule has 60 valence electrons. The summed E-state index contributed by atoms with van der Waals surface area (Å²) < 4.78 is 5.91. The second-order valence-corrected chi connectivity index (χ2v) is 2.53. The van der Waals surface area contributed by atoms with Crippen LogP contribution in [0.2, 0.25) is 5.02 Å². The molecule has 0 aliphatic heterocycles. The molecule has 1 rings (SSSR count). The summed E-state index contributed by atoms with van der Waals surface area (Å²) in [7, 11) is 1.51. The van der Waals surface area contributed by atoms with Gasteiger partial charge in [0.05, 0.1) is 12.1 Å². The SMILES string of the molecule is COc1c(Cl)cc[n+](O)c1C. The predicted octanol–water partition coefficient (Wildman–Crippen LogP) is 1.18. The molecule has 0 amide bonds. The molecule has 0 bridgehead atoms. The molecule has 1 aromatic heterocycles. The quantitative estimate of drug-likeness (QED) is 0.513. The molecule has 0 saturated carbocycles. The van der Waals surface area contributed by atoms with E-state index in [1.807, 2.05) is 0 Å². The third kappa shape index (κ3) is 1.38. The van der Waals surface area contributed by atoms with E-state index in [-0.39, 0.29) is 0 Å². The Kier molecular flexibility index (Phi) is 2.19.